The minimum absolute atomic E-state index is 0. The van der Waals surface area contributed by atoms with Crippen molar-refractivity contribution in [2.45, 2.75) is 46.1 Å². The summed E-state index contributed by atoms with van der Waals surface area (Å²) >= 11 is 0. The van der Waals surface area contributed by atoms with Crippen molar-refractivity contribution in [3.8, 4) is 0 Å². The zero-order valence-electron chi connectivity index (χ0n) is 12.9. The monoisotopic (exact) mass is 327 g/mol. The first-order valence-corrected chi connectivity index (χ1v) is 7.26. The lowest BCUT2D eigenvalue weighted by atomic mass is 10.0. The molecule has 3 unspecified atom stereocenters. The summed E-state index contributed by atoms with van der Waals surface area (Å²) in [6.07, 6.45) is 4.01. The first-order chi connectivity index (χ1) is 8.50. The summed E-state index contributed by atoms with van der Waals surface area (Å²) in [7, 11) is 0. The molecule has 0 spiro atoms. The number of carbonyl (C=O) groups excluding carboxylic acids is 1. The number of rotatable bonds is 6. The van der Waals surface area contributed by atoms with Crippen LogP contribution < -0.4 is 11.1 Å². The largest absolute Gasteiger partial charge is 0.356 e. The van der Waals surface area contributed by atoms with Crippen LogP contribution in [-0.4, -0.2) is 43.0 Å². The molecule has 1 heterocycles. The zero-order valence-corrected chi connectivity index (χ0v) is 14.6. The Labute approximate surface area is 136 Å². The number of nitrogens with zero attached hydrogens (tertiary/aromatic N) is 1. The van der Waals surface area contributed by atoms with E-state index in [1.54, 1.807) is 0 Å². The minimum Gasteiger partial charge on any atom is -0.356 e. The number of hydrogen-bond donors (Lipinski definition) is 2. The van der Waals surface area contributed by atoms with Crippen molar-refractivity contribution in [1.82, 2.24) is 10.2 Å². The lowest BCUT2D eigenvalue weighted by Gasteiger charge is -2.29. The summed E-state index contributed by atoms with van der Waals surface area (Å²) in [6.45, 7) is 10.2. The lowest BCUT2D eigenvalue weighted by Crippen LogP contribution is -2.42. The van der Waals surface area contributed by atoms with E-state index < -0.39 is 0 Å². The standard InChI is InChI=1S/C14H29N3O.2ClH/c1-11(10-17-7-5-4-6-8-17)9-16-14(18)12(2)13(3)15;;/h11-13H,4-10,15H2,1-3H3,(H,16,18);2*1H. The van der Waals surface area contributed by atoms with Crippen LogP contribution in [0.3, 0.4) is 0 Å². The predicted molar refractivity (Wildman–Crippen MR) is 89.8 cm³/mol. The zero-order chi connectivity index (χ0) is 13.5. The molecule has 4 nitrogen and oxygen atoms in total. The third-order valence-electron chi connectivity index (χ3n) is 3.85. The number of piperidine rings is 1. The van der Waals surface area contributed by atoms with Gasteiger partial charge in [0.25, 0.3) is 0 Å². The number of hydrogen-bond acceptors (Lipinski definition) is 3. The van der Waals surface area contributed by atoms with E-state index in [0.717, 1.165) is 13.1 Å². The molecule has 1 fully saturated rings. The highest BCUT2D eigenvalue weighted by Gasteiger charge is 2.18. The van der Waals surface area contributed by atoms with Gasteiger partial charge in [-0.15, -0.1) is 24.8 Å². The molecule has 20 heavy (non-hydrogen) atoms. The minimum atomic E-state index is -0.104. The molecule has 122 valence electrons. The topological polar surface area (TPSA) is 58.4 Å². The molecule has 0 bridgehead atoms. The SMILES string of the molecule is CC(CNC(=O)C(C)C(C)N)CN1CCCCC1.Cl.Cl. The van der Waals surface area contributed by atoms with Gasteiger partial charge >= 0.3 is 0 Å². The van der Waals surface area contributed by atoms with Crippen molar-refractivity contribution < 1.29 is 4.79 Å². The van der Waals surface area contributed by atoms with Gasteiger partial charge in [0.15, 0.2) is 0 Å². The number of halogens is 2. The number of amides is 1. The molecule has 0 radical (unpaired) electrons. The van der Waals surface area contributed by atoms with E-state index in [4.69, 9.17) is 5.73 Å². The molecule has 6 heteroatoms. The molecule has 1 amide bonds. The van der Waals surface area contributed by atoms with E-state index in [-0.39, 0.29) is 42.7 Å². The fourth-order valence-corrected chi connectivity index (χ4v) is 2.32. The maximum Gasteiger partial charge on any atom is 0.224 e. The fourth-order valence-electron chi connectivity index (χ4n) is 2.32. The molecular weight excluding hydrogens is 297 g/mol. The third-order valence-corrected chi connectivity index (χ3v) is 3.85. The highest BCUT2D eigenvalue weighted by Crippen LogP contribution is 2.10. The molecule has 1 rings (SSSR count). The summed E-state index contributed by atoms with van der Waals surface area (Å²) in [4.78, 5) is 14.3. The smallest absolute Gasteiger partial charge is 0.224 e. The van der Waals surface area contributed by atoms with E-state index in [0.29, 0.717) is 5.92 Å². The molecule has 1 saturated heterocycles. The van der Waals surface area contributed by atoms with Crippen LogP contribution in [0.15, 0.2) is 0 Å². The second-order valence-electron chi connectivity index (χ2n) is 5.86. The Morgan fingerprint density at radius 2 is 1.70 bits per heavy atom. The number of likely N-dealkylation sites (tertiary alicyclic amines) is 1. The number of carbonyl (C=O) groups is 1. The Morgan fingerprint density at radius 1 is 1.15 bits per heavy atom. The van der Waals surface area contributed by atoms with Gasteiger partial charge in [-0.3, -0.25) is 4.79 Å². The van der Waals surface area contributed by atoms with Crippen LogP contribution in [0.1, 0.15) is 40.0 Å². The highest BCUT2D eigenvalue weighted by atomic mass is 35.5. The number of nitrogens with two attached hydrogens (primary N) is 1. The van der Waals surface area contributed by atoms with Crippen molar-refractivity contribution in [2.24, 2.45) is 17.6 Å². The van der Waals surface area contributed by atoms with E-state index in [9.17, 15) is 4.79 Å². The van der Waals surface area contributed by atoms with Crippen molar-refractivity contribution in [3.63, 3.8) is 0 Å². The molecule has 3 atom stereocenters. The maximum atomic E-state index is 11.8. The van der Waals surface area contributed by atoms with Crippen LogP contribution >= 0.6 is 24.8 Å². The molecule has 0 aromatic carbocycles. The van der Waals surface area contributed by atoms with Gasteiger partial charge in [-0.2, -0.15) is 0 Å². The van der Waals surface area contributed by atoms with Crippen molar-refractivity contribution in [2.75, 3.05) is 26.2 Å². The summed E-state index contributed by atoms with van der Waals surface area (Å²) in [5.74, 6) is 0.481. The van der Waals surface area contributed by atoms with Gasteiger partial charge in [0.2, 0.25) is 5.91 Å². The maximum absolute atomic E-state index is 11.8. The first kappa shape index (κ1) is 22.3. The third kappa shape index (κ3) is 8.30. The van der Waals surface area contributed by atoms with Crippen LogP contribution in [0.2, 0.25) is 0 Å². The van der Waals surface area contributed by atoms with E-state index in [2.05, 4.69) is 17.1 Å². The van der Waals surface area contributed by atoms with Gasteiger partial charge in [-0.05, 0) is 38.8 Å². The Hall–Kier alpha value is -0.0300. The Kier molecular flexibility index (Phi) is 12.9. The van der Waals surface area contributed by atoms with Gasteiger partial charge in [-0.25, -0.2) is 0 Å². The Balaban J connectivity index is 0. The highest BCUT2D eigenvalue weighted by molar-refractivity contribution is 5.85. The Bertz CT molecular complexity index is 259. The van der Waals surface area contributed by atoms with Gasteiger partial charge in [0.1, 0.15) is 0 Å². The van der Waals surface area contributed by atoms with Crippen molar-refractivity contribution in [1.29, 1.82) is 0 Å². The summed E-state index contributed by atoms with van der Waals surface area (Å²) in [5, 5.41) is 3.01. The van der Waals surface area contributed by atoms with Gasteiger partial charge in [-0.1, -0.05) is 20.3 Å². The average Bonchev–Trinajstić information content (AvgIpc) is 2.36. The second kappa shape index (κ2) is 11.6. The van der Waals surface area contributed by atoms with Crippen molar-refractivity contribution >= 4 is 30.7 Å². The van der Waals surface area contributed by atoms with E-state index in [1.165, 1.54) is 32.4 Å². The molecule has 0 aromatic heterocycles. The van der Waals surface area contributed by atoms with Crippen LogP contribution in [0.5, 0.6) is 0 Å². The normalized spacial score (nSPS) is 20.0. The van der Waals surface area contributed by atoms with Gasteiger partial charge in [0, 0.05) is 25.0 Å². The van der Waals surface area contributed by atoms with E-state index >= 15 is 0 Å². The summed E-state index contributed by atoms with van der Waals surface area (Å²) in [6, 6.07) is -0.0811. The van der Waals surface area contributed by atoms with Gasteiger partial charge in [0.05, 0.1) is 0 Å². The van der Waals surface area contributed by atoms with Crippen LogP contribution in [0.25, 0.3) is 0 Å². The molecular formula is C14H31Cl2N3O. The fraction of sp³-hybridized carbons (Fsp3) is 0.929. The van der Waals surface area contributed by atoms with Crippen LogP contribution in [0.4, 0.5) is 0 Å². The predicted octanol–water partition coefficient (Wildman–Crippen LogP) is 2.05. The van der Waals surface area contributed by atoms with Gasteiger partial charge < -0.3 is 16.0 Å². The summed E-state index contributed by atoms with van der Waals surface area (Å²) in [5.41, 5.74) is 5.72. The molecule has 3 N–H and O–H groups in total. The lowest BCUT2D eigenvalue weighted by molar-refractivity contribution is -0.125. The average molecular weight is 328 g/mol. The molecule has 0 saturated carbocycles. The molecule has 0 aromatic rings. The number of nitrogens with one attached hydrogen (secondary N) is 1. The van der Waals surface area contributed by atoms with Crippen LogP contribution in [0, 0.1) is 11.8 Å². The van der Waals surface area contributed by atoms with Crippen LogP contribution in [-0.2, 0) is 4.79 Å². The Morgan fingerprint density at radius 3 is 2.20 bits per heavy atom. The summed E-state index contributed by atoms with van der Waals surface area (Å²) < 4.78 is 0. The molecule has 1 aliphatic rings. The molecule has 1 aliphatic heterocycles. The van der Waals surface area contributed by atoms with E-state index in [1.807, 2.05) is 13.8 Å². The first-order valence-electron chi connectivity index (χ1n) is 7.26. The quantitative estimate of drug-likeness (QED) is 0.785. The van der Waals surface area contributed by atoms with Crippen molar-refractivity contribution in [3.05, 3.63) is 0 Å². The second-order valence-corrected chi connectivity index (χ2v) is 5.86. The molecule has 0 aliphatic carbocycles.